The molecule has 168 valence electrons. The molecule has 0 heterocycles. The molecule has 1 amide bonds. The molecule has 32 heavy (non-hydrogen) atoms. The highest BCUT2D eigenvalue weighted by atomic mass is 32.2. The molecule has 0 fully saturated rings. The Kier molecular flexibility index (Phi) is 7.86. The fourth-order valence-electron chi connectivity index (χ4n) is 3.00. The Morgan fingerprint density at radius 2 is 1.53 bits per heavy atom. The monoisotopic (exact) mass is 454 g/mol. The van der Waals surface area contributed by atoms with Gasteiger partial charge in [0.15, 0.2) is 0 Å². The molecule has 7 nitrogen and oxygen atoms in total. The number of anilines is 1. The third kappa shape index (κ3) is 6.09. The second kappa shape index (κ2) is 10.8. The summed E-state index contributed by atoms with van der Waals surface area (Å²) in [6, 6.07) is 22.8. The molecule has 1 N–H and O–H groups in total. The molecule has 0 radical (unpaired) electrons. The van der Waals surface area contributed by atoms with Crippen molar-refractivity contribution in [3.8, 4) is 11.5 Å². The number of rotatable bonds is 10. The number of hydrogen-bond acceptors (Lipinski definition) is 5. The van der Waals surface area contributed by atoms with E-state index < -0.39 is 15.9 Å². The molecule has 3 aromatic rings. The van der Waals surface area contributed by atoms with Crippen molar-refractivity contribution in [2.24, 2.45) is 0 Å². The molecule has 8 heteroatoms. The van der Waals surface area contributed by atoms with Gasteiger partial charge in [0.2, 0.25) is 15.9 Å². The van der Waals surface area contributed by atoms with E-state index in [1.165, 1.54) is 19.2 Å². The smallest absolute Gasteiger partial charge is 0.243 e. The fraction of sp³-hybridized carbons (Fsp3) is 0.208. The Morgan fingerprint density at radius 1 is 0.906 bits per heavy atom. The van der Waals surface area contributed by atoms with Crippen molar-refractivity contribution < 1.29 is 22.7 Å². The summed E-state index contributed by atoms with van der Waals surface area (Å²) in [7, 11) is -2.30. The second-order valence-electron chi connectivity index (χ2n) is 6.95. The molecule has 0 aromatic heterocycles. The largest absolute Gasteiger partial charge is 0.497 e. The molecule has 0 aliphatic heterocycles. The van der Waals surface area contributed by atoms with E-state index in [2.05, 4.69) is 5.32 Å². The van der Waals surface area contributed by atoms with Crippen LogP contribution in [-0.2, 0) is 21.4 Å². The van der Waals surface area contributed by atoms with Gasteiger partial charge in [0.25, 0.3) is 0 Å². The minimum absolute atomic E-state index is 0.105. The van der Waals surface area contributed by atoms with E-state index in [4.69, 9.17) is 9.47 Å². The lowest BCUT2D eigenvalue weighted by molar-refractivity contribution is -0.116. The van der Waals surface area contributed by atoms with Gasteiger partial charge in [-0.3, -0.25) is 4.79 Å². The molecular formula is C24H26N2O5S. The van der Waals surface area contributed by atoms with Gasteiger partial charge >= 0.3 is 0 Å². The molecular weight excluding hydrogens is 428 g/mol. The second-order valence-corrected chi connectivity index (χ2v) is 8.89. The predicted octanol–water partition coefficient (Wildman–Crippen LogP) is 3.92. The highest BCUT2D eigenvalue weighted by Crippen LogP contribution is 2.20. The van der Waals surface area contributed by atoms with E-state index in [9.17, 15) is 13.2 Å². The zero-order valence-corrected chi connectivity index (χ0v) is 18.8. The third-order valence-corrected chi connectivity index (χ3v) is 6.69. The van der Waals surface area contributed by atoms with Gasteiger partial charge in [-0.25, -0.2) is 8.42 Å². The van der Waals surface area contributed by atoms with E-state index in [1.54, 1.807) is 43.3 Å². The maximum atomic E-state index is 12.9. The van der Waals surface area contributed by atoms with Gasteiger partial charge in [0.05, 0.1) is 18.6 Å². The van der Waals surface area contributed by atoms with Gasteiger partial charge < -0.3 is 14.8 Å². The van der Waals surface area contributed by atoms with Crippen LogP contribution in [0.3, 0.4) is 0 Å². The molecule has 0 saturated heterocycles. The number of nitrogens with zero attached hydrogens (tertiary/aromatic N) is 1. The van der Waals surface area contributed by atoms with E-state index in [-0.39, 0.29) is 18.0 Å². The molecule has 0 bridgehead atoms. The van der Waals surface area contributed by atoms with Gasteiger partial charge in [-0.15, -0.1) is 0 Å². The minimum atomic E-state index is -3.81. The van der Waals surface area contributed by atoms with E-state index in [1.807, 2.05) is 30.3 Å². The third-order valence-electron chi connectivity index (χ3n) is 4.76. The molecule has 0 atom stereocenters. The van der Waals surface area contributed by atoms with Gasteiger partial charge in [0.1, 0.15) is 18.1 Å². The molecule has 3 aromatic carbocycles. The van der Waals surface area contributed by atoms with Crippen LogP contribution < -0.4 is 14.8 Å². The van der Waals surface area contributed by atoms with Gasteiger partial charge in [-0.1, -0.05) is 37.3 Å². The van der Waals surface area contributed by atoms with Crippen LogP contribution in [0.5, 0.6) is 11.5 Å². The van der Waals surface area contributed by atoms with Crippen LogP contribution in [-0.4, -0.2) is 38.8 Å². The lowest BCUT2D eigenvalue weighted by Gasteiger charge is -2.20. The van der Waals surface area contributed by atoms with Crippen LogP contribution in [0.15, 0.2) is 83.8 Å². The van der Waals surface area contributed by atoms with Gasteiger partial charge in [0, 0.05) is 12.2 Å². The average molecular weight is 455 g/mol. The van der Waals surface area contributed by atoms with Gasteiger partial charge in [-0.05, 0) is 54.1 Å². The Hall–Kier alpha value is -3.36. The fourth-order valence-corrected chi connectivity index (χ4v) is 4.40. The zero-order valence-electron chi connectivity index (χ0n) is 18.0. The number of ether oxygens (including phenoxy) is 2. The number of sulfonamides is 1. The highest BCUT2D eigenvalue weighted by molar-refractivity contribution is 7.89. The number of carbonyl (C=O) groups excluding carboxylic acids is 1. The summed E-state index contributed by atoms with van der Waals surface area (Å²) < 4.78 is 37.7. The van der Waals surface area contributed by atoms with Crippen molar-refractivity contribution in [3.63, 3.8) is 0 Å². The first-order valence-electron chi connectivity index (χ1n) is 10.1. The van der Waals surface area contributed by atoms with E-state index >= 15 is 0 Å². The summed E-state index contributed by atoms with van der Waals surface area (Å²) in [6.07, 6.45) is 0. The summed E-state index contributed by atoms with van der Waals surface area (Å²) in [5.74, 6) is 0.798. The summed E-state index contributed by atoms with van der Waals surface area (Å²) in [5.41, 5.74) is 1.61. The first-order valence-corrected chi connectivity index (χ1v) is 11.6. The number of likely N-dealkylation sites (N-methyl/N-ethyl adjacent to an activating group) is 1. The number of carbonyl (C=O) groups is 1. The summed E-state index contributed by atoms with van der Waals surface area (Å²) in [5, 5.41) is 2.73. The van der Waals surface area contributed by atoms with Crippen LogP contribution in [0.1, 0.15) is 12.5 Å². The Bertz CT molecular complexity index is 1120. The Labute approximate surface area is 188 Å². The number of nitrogens with one attached hydrogen (secondary N) is 1. The maximum Gasteiger partial charge on any atom is 0.243 e. The molecule has 3 rings (SSSR count). The molecule has 0 spiro atoms. The molecule has 0 saturated carbocycles. The SMILES string of the molecule is CCN(CC(=O)Nc1ccc(OCc2ccccc2)cc1)S(=O)(=O)c1ccc(OC)cc1. The van der Waals surface area contributed by atoms with Crippen molar-refractivity contribution in [1.29, 1.82) is 0 Å². The number of hydrogen-bond donors (Lipinski definition) is 1. The summed E-state index contributed by atoms with van der Waals surface area (Å²) in [6.45, 7) is 2.00. The van der Waals surface area contributed by atoms with E-state index in [0.29, 0.717) is 23.8 Å². The standard InChI is InChI=1S/C24H26N2O5S/c1-3-26(32(28,29)23-15-13-21(30-2)14-16-23)17-24(27)25-20-9-11-22(12-10-20)31-18-19-7-5-4-6-8-19/h4-16H,3,17-18H2,1-2H3,(H,25,27). The molecule has 0 unspecified atom stereocenters. The lowest BCUT2D eigenvalue weighted by Crippen LogP contribution is -2.37. The quantitative estimate of drug-likeness (QED) is 0.502. The van der Waals surface area contributed by atoms with Crippen molar-refractivity contribution >= 4 is 21.6 Å². The van der Waals surface area contributed by atoms with Crippen molar-refractivity contribution in [2.45, 2.75) is 18.4 Å². The molecule has 0 aliphatic rings. The average Bonchev–Trinajstić information content (AvgIpc) is 2.82. The maximum absolute atomic E-state index is 12.9. The van der Waals surface area contributed by atoms with Gasteiger partial charge in [-0.2, -0.15) is 4.31 Å². The predicted molar refractivity (Wildman–Crippen MR) is 123 cm³/mol. The summed E-state index contributed by atoms with van der Waals surface area (Å²) in [4.78, 5) is 12.6. The highest BCUT2D eigenvalue weighted by Gasteiger charge is 2.25. The summed E-state index contributed by atoms with van der Waals surface area (Å²) >= 11 is 0. The Balaban J connectivity index is 1.58. The van der Waals surface area contributed by atoms with Crippen molar-refractivity contribution in [3.05, 3.63) is 84.4 Å². The molecule has 0 aliphatic carbocycles. The van der Waals surface area contributed by atoms with Crippen LogP contribution in [0.2, 0.25) is 0 Å². The Morgan fingerprint density at radius 3 is 2.12 bits per heavy atom. The normalized spacial score (nSPS) is 11.2. The van der Waals surface area contributed by atoms with Crippen LogP contribution in [0.25, 0.3) is 0 Å². The number of methoxy groups -OCH3 is 1. The van der Waals surface area contributed by atoms with Crippen molar-refractivity contribution in [2.75, 3.05) is 25.5 Å². The number of benzene rings is 3. The zero-order chi connectivity index (χ0) is 23.0. The van der Waals surface area contributed by atoms with Crippen LogP contribution in [0, 0.1) is 0 Å². The van der Waals surface area contributed by atoms with Crippen LogP contribution >= 0.6 is 0 Å². The number of amides is 1. The first kappa shape index (κ1) is 23.3. The minimum Gasteiger partial charge on any atom is -0.497 e. The van der Waals surface area contributed by atoms with Crippen molar-refractivity contribution in [1.82, 2.24) is 4.31 Å². The topological polar surface area (TPSA) is 84.9 Å². The first-order chi connectivity index (χ1) is 15.4. The van der Waals surface area contributed by atoms with Crippen LogP contribution in [0.4, 0.5) is 5.69 Å². The lowest BCUT2D eigenvalue weighted by atomic mass is 10.2. The van der Waals surface area contributed by atoms with E-state index in [0.717, 1.165) is 9.87 Å².